The quantitative estimate of drug-likeness (QED) is 0.927. The van der Waals surface area contributed by atoms with Gasteiger partial charge in [0.2, 0.25) is 5.88 Å². The van der Waals surface area contributed by atoms with Crippen LogP contribution in [-0.2, 0) is 6.54 Å². The Kier molecular flexibility index (Phi) is 5.29. The minimum atomic E-state index is -0.104. The van der Waals surface area contributed by atoms with E-state index >= 15 is 0 Å². The van der Waals surface area contributed by atoms with Crippen molar-refractivity contribution in [3.63, 3.8) is 0 Å². The number of urea groups is 1. The van der Waals surface area contributed by atoms with Crippen molar-refractivity contribution in [3.05, 3.63) is 46.3 Å². The van der Waals surface area contributed by atoms with Gasteiger partial charge in [-0.15, -0.1) is 11.3 Å². The zero-order valence-corrected chi connectivity index (χ0v) is 14.0. The van der Waals surface area contributed by atoms with Crippen LogP contribution in [0.25, 0.3) is 0 Å². The van der Waals surface area contributed by atoms with Crippen LogP contribution in [0.15, 0.2) is 35.8 Å². The predicted octanol–water partition coefficient (Wildman–Crippen LogP) is 2.77. The van der Waals surface area contributed by atoms with Gasteiger partial charge in [-0.05, 0) is 30.4 Å². The first-order valence-electron chi connectivity index (χ1n) is 7.82. The molecule has 0 bridgehead atoms. The highest BCUT2D eigenvalue weighted by Gasteiger charge is 2.25. The molecule has 7 heteroatoms. The van der Waals surface area contributed by atoms with E-state index in [4.69, 9.17) is 10.00 Å². The normalized spacial score (nSPS) is 17.1. The Morgan fingerprint density at radius 1 is 1.54 bits per heavy atom. The van der Waals surface area contributed by atoms with Crippen LogP contribution in [0.3, 0.4) is 0 Å². The molecule has 1 aliphatic rings. The van der Waals surface area contributed by atoms with E-state index < -0.39 is 0 Å². The number of thiophene rings is 1. The predicted molar refractivity (Wildman–Crippen MR) is 90.7 cm³/mol. The summed E-state index contributed by atoms with van der Waals surface area (Å²) in [5, 5.41) is 13.9. The fourth-order valence-corrected chi connectivity index (χ4v) is 3.27. The number of ether oxygens (including phenoxy) is 1. The average Bonchev–Trinajstić information content (AvgIpc) is 3.13. The molecule has 24 heavy (non-hydrogen) atoms. The molecule has 0 aliphatic carbocycles. The molecule has 0 unspecified atom stereocenters. The number of aromatic nitrogens is 1. The van der Waals surface area contributed by atoms with Gasteiger partial charge in [0.05, 0.1) is 24.7 Å². The topological polar surface area (TPSA) is 78.2 Å². The highest BCUT2D eigenvalue weighted by atomic mass is 32.1. The van der Waals surface area contributed by atoms with Gasteiger partial charge in [-0.2, -0.15) is 5.26 Å². The molecule has 1 saturated heterocycles. The molecule has 3 rings (SSSR count). The maximum atomic E-state index is 12.3. The number of hydrogen-bond donors (Lipinski definition) is 1. The summed E-state index contributed by atoms with van der Waals surface area (Å²) in [5.41, 5.74) is 0.515. The fourth-order valence-electron chi connectivity index (χ4n) is 2.62. The van der Waals surface area contributed by atoms with E-state index in [0.29, 0.717) is 24.5 Å². The first-order valence-corrected chi connectivity index (χ1v) is 8.70. The molecule has 124 valence electrons. The number of nitrogens with one attached hydrogen (secondary N) is 1. The lowest BCUT2D eigenvalue weighted by Crippen LogP contribution is -2.48. The van der Waals surface area contributed by atoms with Gasteiger partial charge in [0.25, 0.3) is 0 Å². The summed E-state index contributed by atoms with van der Waals surface area (Å²) in [6, 6.07) is 9.22. The van der Waals surface area contributed by atoms with Crippen molar-refractivity contribution in [2.24, 2.45) is 0 Å². The Balaban J connectivity index is 1.53. The SMILES string of the molecule is N#Cc1ccnc(O[C@@H]2CCCN(C(=O)NCc3cccs3)C2)c1. The summed E-state index contributed by atoms with van der Waals surface area (Å²) < 4.78 is 5.85. The van der Waals surface area contributed by atoms with Crippen LogP contribution in [0.2, 0.25) is 0 Å². The Hall–Kier alpha value is -2.59. The second kappa shape index (κ2) is 7.79. The third-order valence-electron chi connectivity index (χ3n) is 3.81. The van der Waals surface area contributed by atoms with Crippen LogP contribution in [0.4, 0.5) is 4.79 Å². The van der Waals surface area contributed by atoms with Crippen molar-refractivity contribution in [2.75, 3.05) is 13.1 Å². The molecule has 0 spiro atoms. The molecule has 1 atom stereocenters. The molecule has 6 nitrogen and oxygen atoms in total. The number of likely N-dealkylation sites (tertiary alicyclic amines) is 1. The molecule has 1 N–H and O–H groups in total. The zero-order chi connectivity index (χ0) is 16.8. The molecule has 2 aromatic rings. The molecule has 0 aromatic carbocycles. The number of carbonyl (C=O) groups is 1. The molecule has 1 aliphatic heterocycles. The van der Waals surface area contributed by atoms with E-state index in [1.165, 1.54) is 0 Å². The largest absolute Gasteiger partial charge is 0.472 e. The molecule has 0 saturated carbocycles. The van der Waals surface area contributed by atoms with Gasteiger partial charge in [0.1, 0.15) is 6.10 Å². The number of pyridine rings is 1. The van der Waals surface area contributed by atoms with Gasteiger partial charge >= 0.3 is 6.03 Å². The smallest absolute Gasteiger partial charge is 0.317 e. The Morgan fingerprint density at radius 2 is 2.46 bits per heavy atom. The third kappa shape index (κ3) is 4.24. The zero-order valence-electron chi connectivity index (χ0n) is 13.1. The Morgan fingerprint density at radius 3 is 3.25 bits per heavy atom. The summed E-state index contributed by atoms with van der Waals surface area (Å²) in [6.45, 7) is 1.79. The minimum Gasteiger partial charge on any atom is -0.472 e. The summed E-state index contributed by atoms with van der Waals surface area (Å²) in [5.74, 6) is 0.430. The first-order chi connectivity index (χ1) is 11.7. The highest BCUT2D eigenvalue weighted by Crippen LogP contribution is 2.18. The van der Waals surface area contributed by atoms with E-state index in [0.717, 1.165) is 24.3 Å². The van der Waals surface area contributed by atoms with Crippen LogP contribution >= 0.6 is 11.3 Å². The molecule has 2 aromatic heterocycles. The maximum Gasteiger partial charge on any atom is 0.317 e. The van der Waals surface area contributed by atoms with Crippen molar-refractivity contribution in [2.45, 2.75) is 25.5 Å². The van der Waals surface area contributed by atoms with Gasteiger partial charge in [0.15, 0.2) is 0 Å². The molecule has 3 heterocycles. The fraction of sp³-hybridized carbons (Fsp3) is 0.353. The Bertz CT molecular complexity index is 726. The van der Waals surface area contributed by atoms with Crippen LogP contribution in [0.1, 0.15) is 23.3 Å². The summed E-state index contributed by atoms with van der Waals surface area (Å²) >= 11 is 1.62. The van der Waals surface area contributed by atoms with Crippen LogP contribution in [0, 0.1) is 11.3 Å². The second-order valence-electron chi connectivity index (χ2n) is 5.56. The Labute approximate surface area is 144 Å². The standard InChI is InChI=1S/C17H18N4O2S/c18-10-13-5-6-19-16(9-13)23-14-3-1-7-21(12-14)17(22)20-11-15-4-2-8-24-15/h2,4-6,8-9,14H,1,3,7,11-12H2,(H,20,22)/t14-/m1/s1. The van der Waals surface area contributed by atoms with Crippen LogP contribution in [0.5, 0.6) is 5.88 Å². The molecule has 0 radical (unpaired) electrons. The van der Waals surface area contributed by atoms with Crippen molar-refractivity contribution in [1.82, 2.24) is 15.2 Å². The van der Waals surface area contributed by atoms with Gasteiger partial charge in [-0.3, -0.25) is 0 Å². The monoisotopic (exact) mass is 342 g/mol. The van der Waals surface area contributed by atoms with Crippen molar-refractivity contribution >= 4 is 17.4 Å². The van der Waals surface area contributed by atoms with Gasteiger partial charge in [-0.25, -0.2) is 9.78 Å². The first kappa shape index (κ1) is 16.3. The van der Waals surface area contributed by atoms with Crippen molar-refractivity contribution < 1.29 is 9.53 Å². The summed E-state index contributed by atoms with van der Waals surface area (Å²) in [7, 11) is 0. The minimum absolute atomic E-state index is 0.0737. The lowest BCUT2D eigenvalue weighted by atomic mass is 10.1. The number of amides is 2. The number of hydrogen-bond acceptors (Lipinski definition) is 5. The lowest BCUT2D eigenvalue weighted by molar-refractivity contribution is 0.0977. The van der Waals surface area contributed by atoms with E-state index in [2.05, 4.69) is 16.4 Å². The van der Waals surface area contributed by atoms with Gasteiger partial charge < -0.3 is 15.0 Å². The maximum absolute atomic E-state index is 12.3. The number of carbonyl (C=O) groups excluding carboxylic acids is 1. The second-order valence-corrected chi connectivity index (χ2v) is 6.59. The molecular weight excluding hydrogens is 324 g/mol. The number of nitrogens with zero attached hydrogens (tertiary/aromatic N) is 3. The van der Waals surface area contributed by atoms with Crippen molar-refractivity contribution in [3.8, 4) is 11.9 Å². The highest BCUT2D eigenvalue weighted by molar-refractivity contribution is 7.09. The van der Waals surface area contributed by atoms with E-state index in [1.54, 1.807) is 34.6 Å². The lowest BCUT2D eigenvalue weighted by Gasteiger charge is -2.32. The molecule has 1 fully saturated rings. The summed E-state index contributed by atoms with van der Waals surface area (Å²) in [6.07, 6.45) is 3.21. The molecular formula is C17H18N4O2S. The van der Waals surface area contributed by atoms with Crippen LogP contribution in [-0.4, -0.2) is 35.1 Å². The third-order valence-corrected chi connectivity index (χ3v) is 4.69. The number of nitriles is 1. The van der Waals surface area contributed by atoms with Gasteiger partial charge in [0, 0.05) is 23.7 Å². The van der Waals surface area contributed by atoms with Crippen molar-refractivity contribution in [1.29, 1.82) is 5.26 Å². The number of rotatable bonds is 4. The average molecular weight is 342 g/mol. The van der Waals surface area contributed by atoms with E-state index in [9.17, 15) is 4.79 Å². The van der Waals surface area contributed by atoms with Crippen LogP contribution < -0.4 is 10.1 Å². The van der Waals surface area contributed by atoms with E-state index in [1.807, 2.05) is 17.5 Å². The molecule has 2 amide bonds. The summed E-state index contributed by atoms with van der Waals surface area (Å²) in [4.78, 5) is 19.3. The van der Waals surface area contributed by atoms with E-state index in [-0.39, 0.29) is 12.1 Å². The van der Waals surface area contributed by atoms with Gasteiger partial charge in [-0.1, -0.05) is 6.07 Å². The number of piperidine rings is 1.